The third-order valence-electron chi connectivity index (χ3n) is 1.49. The molecule has 0 aliphatic heterocycles. The van der Waals surface area contributed by atoms with Crippen LogP contribution in [0.1, 0.15) is 0 Å². The van der Waals surface area contributed by atoms with Crippen LogP contribution in [0.3, 0.4) is 0 Å². The van der Waals surface area contributed by atoms with E-state index in [1.165, 1.54) is 24.3 Å². The molecule has 0 fully saturated rings. The van der Waals surface area contributed by atoms with Crippen LogP contribution < -0.4 is 148 Å². The van der Waals surface area contributed by atoms with Crippen molar-refractivity contribution >= 4 is 0 Å². The van der Waals surface area contributed by atoms with E-state index in [0.717, 1.165) is 0 Å². The molecule has 0 saturated carbocycles. The van der Waals surface area contributed by atoms with Gasteiger partial charge in [-0.25, -0.2) is 0 Å². The zero-order valence-corrected chi connectivity index (χ0v) is 22.2. The molecule has 2 aromatic carbocycles. The predicted molar refractivity (Wildman–Crippen MR) is 51.8 cm³/mol. The van der Waals surface area contributed by atoms with Crippen molar-refractivity contribution in [1.29, 1.82) is 0 Å². The average Bonchev–Trinajstić information content (AvgIpc) is 2.21. The molecular formula is C12H10Cs2O2. The van der Waals surface area contributed by atoms with E-state index in [2.05, 4.69) is 0 Å². The van der Waals surface area contributed by atoms with Crippen molar-refractivity contribution in [3.63, 3.8) is 0 Å². The van der Waals surface area contributed by atoms with Crippen LogP contribution in [0, 0.1) is 0 Å². The minimum absolute atomic E-state index is 0. The Kier molecular flexibility index (Phi) is 17.4. The molecule has 0 spiro atoms. The third-order valence-corrected chi connectivity index (χ3v) is 1.49. The molecule has 0 atom stereocenters. The summed E-state index contributed by atoms with van der Waals surface area (Å²) >= 11 is 0. The molecule has 0 heterocycles. The quantitative estimate of drug-likeness (QED) is 0.405. The van der Waals surface area contributed by atoms with Gasteiger partial charge in [0.25, 0.3) is 0 Å². The van der Waals surface area contributed by atoms with E-state index >= 15 is 0 Å². The molecule has 2 rings (SSSR count). The van der Waals surface area contributed by atoms with Crippen LogP contribution in [0.25, 0.3) is 0 Å². The van der Waals surface area contributed by atoms with Crippen LogP contribution in [0.15, 0.2) is 60.7 Å². The molecule has 0 aliphatic carbocycles. The SMILES string of the molecule is [Cs+].[Cs+].[O-]c1ccccc1.[O-]c1ccccc1. The van der Waals surface area contributed by atoms with Gasteiger partial charge in [-0.1, -0.05) is 60.7 Å². The normalized spacial score (nSPS) is 7.50. The number of benzene rings is 2. The van der Waals surface area contributed by atoms with E-state index < -0.39 is 0 Å². The summed E-state index contributed by atoms with van der Waals surface area (Å²) in [7, 11) is 0. The second-order valence-corrected chi connectivity index (χ2v) is 2.63. The first-order valence-electron chi connectivity index (χ1n) is 4.23. The van der Waals surface area contributed by atoms with Gasteiger partial charge in [-0.2, -0.15) is 0 Å². The van der Waals surface area contributed by atoms with Gasteiger partial charge in [0.2, 0.25) is 0 Å². The molecular weight excluding hydrogens is 442 g/mol. The van der Waals surface area contributed by atoms with Crippen molar-refractivity contribution in [2.75, 3.05) is 0 Å². The van der Waals surface area contributed by atoms with E-state index in [-0.39, 0.29) is 149 Å². The standard InChI is InChI=1S/2C6H6O.2Cs/c2*7-6-4-2-1-3-5-6;;/h2*1-5,7H;;/q;;2*+1/p-2. The molecule has 72 valence electrons. The maximum absolute atomic E-state index is 10.3. The zero-order chi connectivity index (χ0) is 10.2. The Bertz CT molecular complexity index is 314. The molecule has 0 amide bonds. The van der Waals surface area contributed by atoms with E-state index in [4.69, 9.17) is 0 Å². The van der Waals surface area contributed by atoms with E-state index in [1.54, 1.807) is 24.3 Å². The Morgan fingerprint density at radius 2 is 0.750 bits per heavy atom. The molecule has 0 unspecified atom stereocenters. The van der Waals surface area contributed by atoms with Gasteiger partial charge in [0.15, 0.2) is 0 Å². The van der Waals surface area contributed by atoms with Crippen LogP contribution in [-0.4, -0.2) is 0 Å². The smallest absolute Gasteiger partial charge is 0.872 e. The molecule has 16 heavy (non-hydrogen) atoms. The first kappa shape index (κ1) is 20.5. The monoisotopic (exact) mass is 452 g/mol. The predicted octanol–water partition coefficient (Wildman–Crippen LogP) is -4.47. The van der Waals surface area contributed by atoms with Gasteiger partial charge in [-0.3, -0.25) is 0 Å². The fourth-order valence-corrected chi connectivity index (χ4v) is 0.841. The Morgan fingerprint density at radius 1 is 0.500 bits per heavy atom. The van der Waals surface area contributed by atoms with Gasteiger partial charge in [0, 0.05) is 0 Å². The van der Waals surface area contributed by atoms with Crippen molar-refractivity contribution in [3.05, 3.63) is 60.7 Å². The molecule has 0 aromatic heterocycles. The van der Waals surface area contributed by atoms with Gasteiger partial charge in [-0.05, 0) is 0 Å². The van der Waals surface area contributed by atoms with Crippen molar-refractivity contribution in [2.24, 2.45) is 0 Å². The maximum atomic E-state index is 10.3. The van der Waals surface area contributed by atoms with Crippen molar-refractivity contribution in [3.8, 4) is 11.5 Å². The van der Waals surface area contributed by atoms with E-state index in [1.807, 2.05) is 12.1 Å². The number of hydrogen-bond acceptors (Lipinski definition) is 2. The molecule has 0 aliphatic rings. The van der Waals surface area contributed by atoms with Crippen molar-refractivity contribution in [1.82, 2.24) is 0 Å². The second-order valence-electron chi connectivity index (χ2n) is 2.63. The summed E-state index contributed by atoms with van der Waals surface area (Å²) < 4.78 is 0. The Balaban J connectivity index is 0. The summed E-state index contributed by atoms with van der Waals surface area (Å²) in [6, 6.07) is 16.7. The molecule has 0 N–H and O–H groups in total. The van der Waals surface area contributed by atoms with Crippen LogP contribution in [0.4, 0.5) is 0 Å². The summed E-state index contributed by atoms with van der Waals surface area (Å²) in [5.41, 5.74) is 0. The Morgan fingerprint density at radius 3 is 0.875 bits per heavy atom. The fourth-order valence-electron chi connectivity index (χ4n) is 0.841. The molecule has 4 heteroatoms. The van der Waals surface area contributed by atoms with Crippen LogP contribution in [0.2, 0.25) is 0 Å². The fraction of sp³-hybridized carbons (Fsp3) is 0. The minimum Gasteiger partial charge on any atom is -0.872 e. The number of rotatable bonds is 0. The summed E-state index contributed by atoms with van der Waals surface area (Å²) in [4.78, 5) is 0. The molecule has 0 saturated heterocycles. The van der Waals surface area contributed by atoms with Crippen LogP contribution in [-0.2, 0) is 0 Å². The summed E-state index contributed by atoms with van der Waals surface area (Å²) in [6.45, 7) is 0. The minimum atomic E-state index is 0. The number of hydrogen-bond donors (Lipinski definition) is 0. The molecule has 0 bridgehead atoms. The van der Waals surface area contributed by atoms with Crippen LogP contribution >= 0.6 is 0 Å². The maximum Gasteiger partial charge on any atom is 1.00 e. The third kappa shape index (κ3) is 11.2. The first-order valence-corrected chi connectivity index (χ1v) is 4.23. The summed E-state index contributed by atoms with van der Waals surface area (Å²) in [5.74, 6) is 0.144. The topological polar surface area (TPSA) is 46.1 Å². The van der Waals surface area contributed by atoms with Crippen LogP contribution in [0.5, 0.6) is 11.5 Å². The summed E-state index contributed by atoms with van der Waals surface area (Å²) in [6.07, 6.45) is 0. The van der Waals surface area contributed by atoms with E-state index in [0.29, 0.717) is 0 Å². The van der Waals surface area contributed by atoms with E-state index in [9.17, 15) is 10.2 Å². The van der Waals surface area contributed by atoms with Crippen molar-refractivity contribution < 1.29 is 148 Å². The Hall–Kier alpha value is 2.14. The first-order chi connectivity index (χ1) is 6.79. The Labute approximate surface area is 214 Å². The van der Waals surface area contributed by atoms with Gasteiger partial charge < -0.3 is 10.2 Å². The van der Waals surface area contributed by atoms with Gasteiger partial charge >= 0.3 is 138 Å². The largest absolute Gasteiger partial charge is 1.00 e. The molecule has 2 aromatic rings. The summed E-state index contributed by atoms with van der Waals surface area (Å²) in [5, 5.41) is 20.5. The van der Waals surface area contributed by atoms with Gasteiger partial charge in [0.05, 0.1) is 0 Å². The molecule has 0 radical (unpaired) electrons. The van der Waals surface area contributed by atoms with Gasteiger partial charge in [0.1, 0.15) is 0 Å². The number of para-hydroxylation sites is 2. The van der Waals surface area contributed by atoms with Crippen molar-refractivity contribution in [2.45, 2.75) is 0 Å². The second kappa shape index (κ2) is 13.6. The average molecular weight is 452 g/mol. The van der Waals surface area contributed by atoms with Gasteiger partial charge in [-0.15, -0.1) is 11.5 Å². The molecule has 2 nitrogen and oxygen atoms in total. The zero-order valence-electron chi connectivity index (χ0n) is 9.59.